The molecular formula is C62H67ClF4N8O8S3. The van der Waals surface area contributed by atoms with E-state index in [-0.39, 0.29) is 65.9 Å². The number of thioether (sulfide) groups is 1. The monoisotopic (exact) mass is 1260 g/mol. The first-order chi connectivity index (χ1) is 40.9. The molecule has 0 spiro atoms. The smallest absolute Gasteiger partial charge is 0.380 e. The van der Waals surface area contributed by atoms with Crippen LogP contribution in [0.25, 0.3) is 5.57 Å². The van der Waals surface area contributed by atoms with E-state index in [0.29, 0.717) is 55.8 Å². The Bertz CT molecular complexity index is 3700. The predicted octanol–water partition coefficient (Wildman–Crippen LogP) is 9.36. The van der Waals surface area contributed by atoms with E-state index < -0.39 is 82.4 Å². The van der Waals surface area contributed by atoms with Crippen LogP contribution in [0.1, 0.15) is 96.2 Å². The molecule has 4 amide bonds. The quantitative estimate of drug-likeness (QED) is 0.0403. The molecule has 0 aromatic heterocycles. The zero-order chi connectivity index (χ0) is 60.9. The number of benzene rings is 5. The third kappa shape index (κ3) is 13.2. The molecule has 456 valence electrons. The molecule has 5 aromatic carbocycles. The summed E-state index contributed by atoms with van der Waals surface area (Å²) in [5, 5.41) is 5.99. The molecule has 24 heteroatoms. The summed E-state index contributed by atoms with van der Waals surface area (Å²) in [6.45, 7) is 10.3. The maximum Gasteiger partial charge on any atom is 0.501 e. The summed E-state index contributed by atoms with van der Waals surface area (Å²) in [6.07, 6.45) is 4.42. The Labute approximate surface area is 507 Å². The van der Waals surface area contributed by atoms with Gasteiger partial charge in [0.2, 0.25) is 11.8 Å². The van der Waals surface area contributed by atoms with Crippen LogP contribution in [0.2, 0.25) is 5.02 Å². The number of allylic oxidation sites excluding steroid dienone is 1. The lowest BCUT2D eigenvalue weighted by atomic mass is 9.73. The third-order valence-corrected chi connectivity index (χ3v) is 21.9. The van der Waals surface area contributed by atoms with Crippen molar-refractivity contribution >= 4 is 83.8 Å². The number of amides is 4. The lowest BCUT2D eigenvalue weighted by Gasteiger charge is -2.39. The second-order valence-corrected chi connectivity index (χ2v) is 29.1. The topological polar surface area (TPSA) is 189 Å². The first kappa shape index (κ1) is 61.3. The average Bonchev–Trinajstić information content (AvgIpc) is 1.56. The zero-order valence-corrected chi connectivity index (χ0v) is 50.8. The summed E-state index contributed by atoms with van der Waals surface area (Å²) in [5.41, 5.74) is -0.510. The number of hydrogen-bond donors (Lipinski definition) is 3. The van der Waals surface area contributed by atoms with E-state index in [1.54, 1.807) is 24.3 Å². The molecule has 5 heterocycles. The minimum absolute atomic E-state index is 0.0309. The van der Waals surface area contributed by atoms with Gasteiger partial charge in [0.15, 0.2) is 0 Å². The lowest BCUT2D eigenvalue weighted by Crippen LogP contribution is -2.52. The second kappa shape index (κ2) is 24.7. The minimum atomic E-state index is -6.17. The number of fused-ring (bicyclic) bond motifs is 3. The van der Waals surface area contributed by atoms with E-state index in [1.165, 1.54) is 45.5 Å². The first-order valence-electron chi connectivity index (χ1n) is 28.8. The Hall–Kier alpha value is -6.34. The zero-order valence-electron chi connectivity index (χ0n) is 47.5. The van der Waals surface area contributed by atoms with Crippen molar-refractivity contribution in [2.45, 2.75) is 116 Å². The van der Waals surface area contributed by atoms with Crippen LogP contribution in [0.15, 0.2) is 129 Å². The molecule has 86 heavy (non-hydrogen) atoms. The largest absolute Gasteiger partial charge is 0.501 e. The van der Waals surface area contributed by atoms with Gasteiger partial charge in [-0.2, -0.15) is 13.2 Å². The highest BCUT2D eigenvalue weighted by Gasteiger charge is 2.49. The number of sulfone groups is 1. The van der Waals surface area contributed by atoms with Gasteiger partial charge in [-0.1, -0.05) is 67.4 Å². The van der Waals surface area contributed by atoms with Gasteiger partial charge in [0, 0.05) is 127 Å². The lowest BCUT2D eigenvalue weighted by molar-refractivity contribution is -0.136. The number of piperidine rings is 1. The maximum atomic E-state index is 16.2. The molecule has 11 rings (SSSR count). The Morgan fingerprint density at radius 2 is 1.56 bits per heavy atom. The summed E-state index contributed by atoms with van der Waals surface area (Å²) in [4.78, 5) is 60.2. The fourth-order valence-electron chi connectivity index (χ4n) is 12.9. The number of sulfonamides is 1. The number of nitrogens with zero attached hydrogens (tertiary/aromatic N) is 5. The Balaban J connectivity index is 0.731. The number of piperazine rings is 2. The molecule has 2 bridgehead atoms. The highest BCUT2D eigenvalue weighted by Crippen LogP contribution is 2.44. The molecule has 4 saturated heterocycles. The van der Waals surface area contributed by atoms with Crippen LogP contribution < -0.4 is 20.3 Å². The van der Waals surface area contributed by atoms with Gasteiger partial charge in [0.05, 0.1) is 17.1 Å². The highest BCUT2D eigenvalue weighted by molar-refractivity contribution is 7.99. The molecule has 0 radical (unpaired) electrons. The summed E-state index contributed by atoms with van der Waals surface area (Å²) in [6, 6.07) is 27.7. The van der Waals surface area contributed by atoms with Gasteiger partial charge < -0.3 is 15.1 Å². The van der Waals surface area contributed by atoms with E-state index in [4.69, 9.17) is 11.6 Å². The van der Waals surface area contributed by atoms with Crippen molar-refractivity contribution in [1.29, 1.82) is 0 Å². The van der Waals surface area contributed by atoms with E-state index >= 15 is 4.39 Å². The maximum absolute atomic E-state index is 16.2. The number of halogens is 5. The predicted molar refractivity (Wildman–Crippen MR) is 321 cm³/mol. The van der Waals surface area contributed by atoms with Crippen molar-refractivity contribution in [2.75, 3.05) is 68.3 Å². The van der Waals surface area contributed by atoms with Crippen LogP contribution in [0, 0.1) is 11.2 Å². The fraction of sp³-hybridized carbons (Fsp3) is 0.419. The van der Waals surface area contributed by atoms with Gasteiger partial charge in [0.25, 0.3) is 31.7 Å². The molecule has 4 atom stereocenters. The molecule has 6 aliphatic rings. The molecular weight excluding hydrogens is 1190 g/mol. The van der Waals surface area contributed by atoms with Gasteiger partial charge in [-0.15, -0.1) is 11.8 Å². The van der Waals surface area contributed by atoms with E-state index in [2.05, 4.69) is 56.2 Å². The molecule has 16 nitrogen and oxygen atoms in total. The molecule has 1 unspecified atom stereocenters. The molecule has 0 saturated carbocycles. The van der Waals surface area contributed by atoms with Crippen molar-refractivity contribution in [3.8, 4) is 0 Å². The molecule has 4 fully saturated rings. The Morgan fingerprint density at radius 1 is 0.849 bits per heavy atom. The fourth-order valence-corrected chi connectivity index (χ4v) is 16.1. The third-order valence-electron chi connectivity index (χ3n) is 17.6. The summed E-state index contributed by atoms with van der Waals surface area (Å²) in [5.74, 6) is -2.77. The van der Waals surface area contributed by atoms with Gasteiger partial charge in [-0.3, -0.25) is 39.2 Å². The number of nitrogens with one attached hydrogen (secondary N) is 3. The average molecular weight is 1260 g/mol. The molecule has 5 aromatic rings. The van der Waals surface area contributed by atoms with Crippen LogP contribution in [0.4, 0.5) is 28.9 Å². The number of anilines is 2. The second-order valence-electron chi connectivity index (χ2n) is 24.0. The van der Waals surface area contributed by atoms with Crippen molar-refractivity contribution in [2.24, 2.45) is 5.41 Å². The van der Waals surface area contributed by atoms with Crippen LogP contribution in [-0.4, -0.2) is 148 Å². The van der Waals surface area contributed by atoms with Crippen molar-refractivity contribution in [1.82, 2.24) is 29.6 Å². The minimum Gasteiger partial charge on any atom is -0.380 e. The van der Waals surface area contributed by atoms with E-state index in [9.17, 15) is 49.2 Å². The number of carbonyl (C=O) groups is 4. The van der Waals surface area contributed by atoms with E-state index in [0.717, 1.165) is 68.0 Å². The molecule has 1 aliphatic carbocycles. The Kier molecular flexibility index (Phi) is 17.6. The summed E-state index contributed by atoms with van der Waals surface area (Å²) < 4.78 is 116. The number of likely N-dealkylation sites (tertiary alicyclic amines) is 2. The molecule has 3 N–H and O–H groups in total. The van der Waals surface area contributed by atoms with Gasteiger partial charge in [0.1, 0.15) is 16.8 Å². The first-order valence-corrected chi connectivity index (χ1v) is 33.2. The van der Waals surface area contributed by atoms with Gasteiger partial charge in [-0.05, 0) is 128 Å². The standard InChI is InChI=1S/C62H67ClF4N8O8S3/c1-61(2)24-22-50(39-8-13-43(63)14-9-39)42(32-61)33-71-26-28-72(29-27-71)45-15-10-40(11-16-45)58(77)70-86(82,83)49-17-19-53(55(31-49)85(80,81)62(65,66)67)68-44(38-84-48-6-4-3-5-7-48)23-25-73-35-47-30-46(73)36-74(47)34-41-12-18-51-52(57(41)64)37-75(60(51)79)54-20-21-56(76)69-59(54)78/h3-19,31,44,46-47,54,68H,20-30,32-38H2,1-2H3,(H,70,77)(H,69,76,78)/t44-,46+,47+,54?/m1/s1. The summed E-state index contributed by atoms with van der Waals surface area (Å²) >= 11 is 7.62. The number of rotatable bonds is 19. The number of hydrogen-bond acceptors (Lipinski definition) is 14. The number of alkyl halides is 3. The van der Waals surface area contributed by atoms with Gasteiger partial charge >= 0.3 is 5.51 Å². The number of carbonyl (C=O) groups excluding carboxylic acids is 4. The van der Waals surface area contributed by atoms with Crippen LogP contribution in [0.3, 0.4) is 0 Å². The highest BCUT2D eigenvalue weighted by atomic mass is 35.5. The SMILES string of the molecule is CC1(C)CCC(c2ccc(Cl)cc2)=C(CN2CCN(c3ccc(C(=O)NS(=O)(=O)c4ccc(N[C@H](CCN5C[C@@H]6C[C@H]5CN6Cc5ccc6c(c5F)CN(C5CCC(=O)NC5=O)C6=O)CSc5ccccc5)c(S(=O)(=O)C(F)(F)F)c4)cc3)CC2)C1. The molecule has 5 aliphatic heterocycles. The van der Waals surface area contributed by atoms with Crippen LogP contribution in [0.5, 0.6) is 0 Å². The van der Waals surface area contributed by atoms with Crippen LogP contribution in [-0.2, 0) is 42.5 Å². The van der Waals surface area contributed by atoms with Crippen LogP contribution >= 0.6 is 23.4 Å². The van der Waals surface area contributed by atoms with Gasteiger partial charge in [-0.25, -0.2) is 25.9 Å². The van der Waals surface area contributed by atoms with Crippen molar-refractivity contribution < 1.29 is 53.6 Å². The van der Waals surface area contributed by atoms with E-state index in [1.807, 2.05) is 47.2 Å². The number of imide groups is 1. The summed E-state index contributed by atoms with van der Waals surface area (Å²) in [7, 11) is -11.1. The van der Waals surface area contributed by atoms with Crippen molar-refractivity contribution in [3.63, 3.8) is 0 Å². The normalized spacial score (nSPS) is 21.7. The Morgan fingerprint density at radius 3 is 2.24 bits per heavy atom. The van der Waals surface area contributed by atoms with Crippen molar-refractivity contribution in [3.05, 3.63) is 153 Å².